The summed E-state index contributed by atoms with van der Waals surface area (Å²) in [4.78, 5) is 13.7. The molecule has 1 unspecified atom stereocenters. The lowest BCUT2D eigenvalue weighted by Gasteiger charge is -2.19. The molecule has 33 heavy (non-hydrogen) atoms. The fraction of sp³-hybridized carbons (Fsp3) is 0.0357. The first-order valence-corrected chi connectivity index (χ1v) is 12.2. The van der Waals surface area contributed by atoms with Gasteiger partial charge in [-0.3, -0.25) is 4.79 Å². The average molecular weight is 450 g/mol. The summed E-state index contributed by atoms with van der Waals surface area (Å²) in [7, 11) is -3.90. The zero-order valence-corrected chi connectivity index (χ0v) is 18.3. The van der Waals surface area contributed by atoms with Crippen LogP contribution in [-0.2, 0) is 9.84 Å². The van der Waals surface area contributed by atoms with Crippen molar-refractivity contribution in [1.29, 1.82) is 0 Å². The summed E-state index contributed by atoms with van der Waals surface area (Å²) in [6.07, 6.45) is 0. The highest BCUT2D eigenvalue weighted by Crippen LogP contribution is 2.49. The zero-order valence-electron chi connectivity index (χ0n) is 17.5. The van der Waals surface area contributed by atoms with Crippen LogP contribution in [0.1, 0.15) is 26.7 Å². The standard InChI is InChI=1S/C28H19NO3S/c30-27-22-11-5-4-10-21(22)26-25(27)28(33(31,32)24-13-7-6-12-23(24)29-26)20-16-14-19(15-17-20)18-8-2-1-3-9-18/h1-17,28-29H. The molecule has 1 aliphatic heterocycles. The third-order valence-corrected chi connectivity index (χ3v) is 8.40. The van der Waals surface area contributed by atoms with Gasteiger partial charge >= 0.3 is 0 Å². The molecule has 2 aliphatic rings. The Morgan fingerprint density at radius 3 is 2.00 bits per heavy atom. The molecule has 0 radical (unpaired) electrons. The van der Waals surface area contributed by atoms with E-state index in [1.807, 2.05) is 66.7 Å². The number of hydrogen-bond donors (Lipinski definition) is 1. The molecule has 0 amide bonds. The first-order valence-electron chi connectivity index (χ1n) is 10.7. The number of para-hydroxylation sites is 1. The third-order valence-electron chi connectivity index (χ3n) is 6.30. The van der Waals surface area contributed by atoms with Crippen molar-refractivity contribution >= 4 is 27.0 Å². The molecule has 0 fully saturated rings. The minimum atomic E-state index is -3.90. The topological polar surface area (TPSA) is 63.2 Å². The Morgan fingerprint density at radius 2 is 1.24 bits per heavy atom. The van der Waals surface area contributed by atoms with Crippen molar-refractivity contribution in [3.8, 4) is 11.1 Å². The second-order valence-corrected chi connectivity index (χ2v) is 10.2. The lowest BCUT2D eigenvalue weighted by Crippen LogP contribution is -2.19. The first kappa shape index (κ1) is 19.7. The van der Waals surface area contributed by atoms with Crippen LogP contribution in [0.15, 0.2) is 114 Å². The molecule has 1 N–H and O–H groups in total. The highest BCUT2D eigenvalue weighted by Gasteiger charge is 2.45. The van der Waals surface area contributed by atoms with Crippen LogP contribution in [0.5, 0.6) is 0 Å². The molecule has 0 saturated carbocycles. The zero-order chi connectivity index (χ0) is 22.6. The number of Topliss-reactive ketones (excluding diaryl/α,β-unsaturated/α-hetero) is 1. The van der Waals surface area contributed by atoms with Crippen molar-refractivity contribution in [2.24, 2.45) is 0 Å². The van der Waals surface area contributed by atoms with Crippen LogP contribution in [0.4, 0.5) is 5.69 Å². The highest BCUT2D eigenvalue weighted by molar-refractivity contribution is 7.92. The minimum absolute atomic E-state index is 0.196. The number of nitrogens with one attached hydrogen (secondary N) is 1. The van der Waals surface area contributed by atoms with Crippen LogP contribution >= 0.6 is 0 Å². The monoisotopic (exact) mass is 449 g/mol. The maximum absolute atomic E-state index is 14.0. The molecule has 1 atom stereocenters. The van der Waals surface area contributed by atoms with Crippen LogP contribution in [0.25, 0.3) is 16.8 Å². The number of carbonyl (C=O) groups is 1. The van der Waals surface area contributed by atoms with Crippen molar-refractivity contribution in [1.82, 2.24) is 0 Å². The van der Waals surface area contributed by atoms with Gasteiger partial charge in [-0.25, -0.2) is 8.42 Å². The quantitative estimate of drug-likeness (QED) is 0.414. The summed E-state index contributed by atoms with van der Waals surface area (Å²) in [5.74, 6) is -0.249. The largest absolute Gasteiger partial charge is 0.354 e. The van der Waals surface area contributed by atoms with Gasteiger partial charge in [0.25, 0.3) is 0 Å². The lowest BCUT2D eigenvalue weighted by atomic mass is 9.98. The summed E-state index contributed by atoms with van der Waals surface area (Å²) in [6.45, 7) is 0. The van der Waals surface area contributed by atoms with Crippen molar-refractivity contribution in [3.63, 3.8) is 0 Å². The van der Waals surface area contributed by atoms with E-state index in [2.05, 4.69) is 5.32 Å². The van der Waals surface area contributed by atoms with E-state index in [9.17, 15) is 13.2 Å². The fourth-order valence-electron chi connectivity index (χ4n) is 4.75. The van der Waals surface area contributed by atoms with E-state index < -0.39 is 15.1 Å². The minimum Gasteiger partial charge on any atom is -0.354 e. The van der Waals surface area contributed by atoms with E-state index in [0.717, 1.165) is 16.7 Å². The molecule has 5 heteroatoms. The van der Waals surface area contributed by atoms with E-state index in [0.29, 0.717) is 22.5 Å². The van der Waals surface area contributed by atoms with Gasteiger partial charge in [0.15, 0.2) is 15.6 Å². The van der Waals surface area contributed by atoms with E-state index in [1.165, 1.54) is 0 Å². The van der Waals surface area contributed by atoms with Gasteiger partial charge in [-0.2, -0.15) is 0 Å². The molecule has 1 heterocycles. The fourth-order valence-corrected chi connectivity index (χ4v) is 6.75. The molecule has 4 aromatic rings. The Morgan fingerprint density at radius 1 is 0.636 bits per heavy atom. The predicted octanol–water partition coefficient (Wildman–Crippen LogP) is 5.90. The van der Waals surface area contributed by atoms with Gasteiger partial charge in [0.05, 0.1) is 16.3 Å². The summed E-state index contributed by atoms with van der Waals surface area (Å²) >= 11 is 0. The SMILES string of the molecule is O=C1C2=C(Nc3ccccc3S(=O)(=O)C2c2ccc(-c3ccccc3)cc2)c2ccccc21. The van der Waals surface area contributed by atoms with Crippen LogP contribution in [0.2, 0.25) is 0 Å². The Hall–Kier alpha value is -3.96. The van der Waals surface area contributed by atoms with Crippen LogP contribution in [0.3, 0.4) is 0 Å². The second-order valence-electron chi connectivity index (χ2n) is 8.20. The number of hydrogen-bond acceptors (Lipinski definition) is 4. The van der Waals surface area contributed by atoms with Gasteiger partial charge in [-0.05, 0) is 28.8 Å². The number of anilines is 1. The Balaban J connectivity index is 1.58. The summed E-state index contributed by atoms with van der Waals surface area (Å²) in [5, 5.41) is 2.18. The van der Waals surface area contributed by atoms with Gasteiger partial charge in [-0.1, -0.05) is 91.0 Å². The summed E-state index contributed by atoms with van der Waals surface area (Å²) in [6, 6.07) is 31.5. The molecule has 6 rings (SSSR count). The maximum atomic E-state index is 14.0. The van der Waals surface area contributed by atoms with Crippen molar-refractivity contribution in [2.75, 3.05) is 5.32 Å². The molecule has 160 valence electrons. The molecule has 0 aromatic heterocycles. The van der Waals surface area contributed by atoms with Crippen molar-refractivity contribution in [2.45, 2.75) is 10.1 Å². The average Bonchev–Trinajstić information content (AvgIpc) is 3.06. The van der Waals surface area contributed by atoms with Gasteiger partial charge in [0.1, 0.15) is 5.25 Å². The number of rotatable bonds is 2. The van der Waals surface area contributed by atoms with E-state index in [-0.39, 0.29) is 16.3 Å². The molecule has 4 aromatic carbocycles. The van der Waals surface area contributed by atoms with Crippen LogP contribution < -0.4 is 5.32 Å². The Kier molecular flexibility index (Phi) is 4.35. The molecular weight excluding hydrogens is 430 g/mol. The lowest BCUT2D eigenvalue weighted by molar-refractivity contribution is 0.103. The normalized spacial score (nSPS) is 18.1. The smallest absolute Gasteiger partial charge is 0.193 e. The molecule has 0 saturated heterocycles. The Labute approximate surface area is 192 Å². The van der Waals surface area contributed by atoms with Crippen molar-refractivity contribution < 1.29 is 13.2 Å². The van der Waals surface area contributed by atoms with E-state index in [4.69, 9.17) is 0 Å². The van der Waals surface area contributed by atoms with E-state index >= 15 is 0 Å². The van der Waals surface area contributed by atoms with Gasteiger partial charge < -0.3 is 5.32 Å². The molecule has 0 bridgehead atoms. The highest BCUT2D eigenvalue weighted by atomic mass is 32.2. The van der Waals surface area contributed by atoms with Gasteiger partial charge in [0, 0.05) is 16.7 Å². The number of carbonyl (C=O) groups excluding carboxylic acids is 1. The number of ketones is 1. The van der Waals surface area contributed by atoms with Gasteiger partial charge in [-0.15, -0.1) is 0 Å². The molecule has 0 spiro atoms. The number of fused-ring (bicyclic) bond motifs is 3. The van der Waals surface area contributed by atoms with Gasteiger partial charge in [0.2, 0.25) is 0 Å². The molecule has 4 nitrogen and oxygen atoms in total. The molecule has 1 aliphatic carbocycles. The molecular formula is C28H19NO3S. The third kappa shape index (κ3) is 2.97. The van der Waals surface area contributed by atoms with Crippen LogP contribution in [0, 0.1) is 0 Å². The first-order chi connectivity index (χ1) is 16.1. The Bertz CT molecular complexity index is 1550. The number of benzene rings is 4. The predicted molar refractivity (Wildman–Crippen MR) is 130 cm³/mol. The number of sulfone groups is 1. The summed E-state index contributed by atoms with van der Waals surface area (Å²) in [5.41, 5.74) is 5.19. The second kappa shape index (κ2) is 7.29. The maximum Gasteiger partial charge on any atom is 0.193 e. The van der Waals surface area contributed by atoms with Crippen LogP contribution in [-0.4, -0.2) is 14.2 Å². The van der Waals surface area contributed by atoms with Crippen molar-refractivity contribution in [3.05, 3.63) is 125 Å². The van der Waals surface area contributed by atoms with E-state index in [1.54, 1.807) is 36.4 Å². The summed E-state index contributed by atoms with van der Waals surface area (Å²) < 4.78 is 28.0.